The van der Waals surface area contributed by atoms with Crippen molar-refractivity contribution in [2.45, 2.75) is 119 Å². The summed E-state index contributed by atoms with van der Waals surface area (Å²) in [6, 6.07) is 20.0. The number of rotatable bonds is 9. The molecule has 2 N–H and O–H groups in total. The minimum absolute atomic E-state index is 0. The van der Waals surface area contributed by atoms with E-state index < -0.39 is 0 Å². The van der Waals surface area contributed by atoms with Crippen LogP contribution >= 0.6 is 0 Å². The van der Waals surface area contributed by atoms with Gasteiger partial charge < -0.3 is 29.2 Å². The van der Waals surface area contributed by atoms with Crippen molar-refractivity contribution >= 4 is 61.5 Å². The predicted molar refractivity (Wildman–Crippen MR) is 243 cm³/mol. The second-order valence-corrected chi connectivity index (χ2v) is 18.9. The van der Waals surface area contributed by atoms with Crippen molar-refractivity contribution in [3.05, 3.63) is 105 Å². The smallest absolute Gasteiger partial charge is 0.872 e. The standard InChI is InChI=1S/2C23H31NO2.C4H10O2.Ca/c2*1-15-9-10-20(26-8)19(11-15)24-14-16-12-17(22(2,3)4)13-18(21(16)25)23(5,6)7;1-5-3-4-6-2;/h2*9-14,25H,1-8H3;3-4H2,1-2H3;/q;;;+2. The van der Waals surface area contributed by atoms with E-state index in [0.29, 0.717) is 24.3 Å². The van der Waals surface area contributed by atoms with E-state index in [9.17, 15) is 10.2 Å². The second-order valence-electron chi connectivity index (χ2n) is 18.9. The number of aryl methyl sites for hydroxylation is 2. The topological polar surface area (TPSA) is 111 Å². The van der Waals surface area contributed by atoms with Gasteiger partial charge in [-0.1, -0.05) is 119 Å². The van der Waals surface area contributed by atoms with Gasteiger partial charge in [0.25, 0.3) is 0 Å². The Hall–Kier alpha value is -3.40. The average Bonchev–Trinajstić information content (AvgIpc) is 3.11. The van der Waals surface area contributed by atoms with Gasteiger partial charge in [0.2, 0.25) is 11.4 Å². The van der Waals surface area contributed by atoms with Crippen LogP contribution in [0.25, 0.3) is 0 Å². The van der Waals surface area contributed by atoms with Crippen LogP contribution in [0.4, 0.5) is 11.4 Å². The second kappa shape index (κ2) is 23.0. The van der Waals surface area contributed by atoms with E-state index in [4.69, 9.17) is 9.47 Å². The van der Waals surface area contributed by atoms with Gasteiger partial charge in [-0.3, -0.25) is 0 Å². The van der Waals surface area contributed by atoms with Crippen LogP contribution in [-0.2, 0) is 31.1 Å². The Morgan fingerprint density at radius 2 is 0.814 bits per heavy atom. The molecule has 0 heterocycles. The molecular formula is C50H72CaN2O6+2. The fourth-order valence-electron chi connectivity index (χ4n) is 5.84. The molecule has 8 nitrogen and oxygen atoms in total. The zero-order valence-electron chi connectivity index (χ0n) is 39.5. The molecular weight excluding hydrogens is 765 g/mol. The van der Waals surface area contributed by atoms with Crippen LogP contribution in [0.2, 0.25) is 0 Å². The minimum atomic E-state index is -0.206. The molecule has 59 heavy (non-hydrogen) atoms. The Morgan fingerprint density at radius 3 is 1.07 bits per heavy atom. The molecule has 0 fully saturated rings. The number of hydrogen-bond acceptors (Lipinski definition) is 6. The number of nitrogens with one attached hydrogen (secondary N) is 2. The summed E-state index contributed by atoms with van der Waals surface area (Å²) >= 11 is 0. The molecule has 0 bridgehead atoms. The molecule has 0 atom stereocenters. The first-order chi connectivity index (χ1) is 26.8. The average molecular weight is 837 g/mol. The van der Waals surface area contributed by atoms with E-state index in [2.05, 4.69) is 115 Å². The Morgan fingerprint density at radius 1 is 0.492 bits per heavy atom. The van der Waals surface area contributed by atoms with E-state index in [0.717, 1.165) is 56.3 Å². The molecule has 4 aromatic carbocycles. The molecule has 4 aromatic rings. The van der Waals surface area contributed by atoms with Gasteiger partial charge in [-0.2, -0.15) is 0 Å². The Bertz CT molecular complexity index is 1860. The van der Waals surface area contributed by atoms with Crippen LogP contribution in [0, 0.1) is 13.8 Å². The zero-order valence-corrected chi connectivity index (χ0v) is 41.7. The maximum Gasteiger partial charge on any atom is 2.00 e. The minimum Gasteiger partial charge on any atom is -0.872 e. The van der Waals surface area contributed by atoms with Crippen molar-refractivity contribution in [1.29, 1.82) is 0 Å². The number of ether oxygens (including phenoxy) is 4. The van der Waals surface area contributed by atoms with Gasteiger partial charge in [0, 0.05) is 37.5 Å². The van der Waals surface area contributed by atoms with Crippen molar-refractivity contribution in [1.82, 2.24) is 0 Å². The van der Waals surface area contributed by atoms with Gasteiger partial charge in [0.1, 0.15) is 0 Å². The Balaban J connectivity index is 0.000000511. The SMILES string of the molecule is COCCOC.COc1ccc(C)cc1[NH+]=Cc1cc(C(C)(C)C)cc(C(C)(C)C)c1[O-].COc1ccc(C)cc1[NH+]=Cc1cc(C(C)(C)C)cc(C(C)(C)C)c1[O-].[Ca+2]. The van der Waals surface area contributed by atoms with E-state index in [-0.39, 0.29) is 70.9 Å². The Labute approximate surface area is 386 Å². The largest absolute Gasteiger partial charge is 2.00 e. The predicted octanol–water partition coefficient (Wildman–Crippen LogP) is 6.91. The molecule has 0 aromatic heterocycles. The summed E-state index contributed by atoms with van der Waals surface area (Å²) < 4.78 is 20.1. The molecule has 0 unspecified atom stereocenters. The first-order valence-electron chi connectivity index (χ1n) is 20.0. The van der Waals surface area contributed by atoms with E-state index in [1.165, 1.54) is 0 Å². The molecule has 0 spiro atoms. The molecule has 318 valence electrons. The van der Waals surface area contributed by atoms with Gasteiger partial charge in [-0.05, 0) is 93.2 Å². The van der Waals surface area contributed by atoms with Crippen LogP contribution < -0.4 is 29.7 Å². The number of methoxy groups -OCH3 is 4. The fourth-order valence-corrected chi connectivity index (χ4v) is 5.84. The maximum absolute atomic E-state index is 13.0. The quantitative estimate of drug-likeness (QED) is 0.108. The van der Waals surface area contributed by atoms with Gasteiger partial charge >= 0.3 is 37.7 Å². The molecule has 0 aliphatic heterocycles. The summed E-state index contributed by atoms with van der Waals surface area (Å²) in [4.78, 5) is 6.54. The molecule has 0 aliphatic carbocycles. The molecule has 4 rings (SSSR count). The zero-order chi connectivity index (χ0) is 44.2. The normalized spacial score (nSPS) is 12.0. The van der Waals surface area contributed by atoms with Gasteiger partial charge in [0.05, 0.1) is 27.4 Å². The van der Waals surface area contributed by atoms with E-state index in [1.807, 2.05) is 62.4 Å². The third kappa shape index (κ3) is 16.5. The maximum atomic E-state index is 13.0. The fraction of sp³-hybridized carbons (Fsp3) is 0.480. The summed E-state index contributed by atoms with van der Waals surface area (Å²) in [7, 11) is 6.59. The third-order valence-electron chi connectivity index (χ3n) is 9.55. The Kier molecular flexibility index (Phi) is 20.9. The molecule has 0 saturated heterocycles. The van der Waals surface area contributed by atoms with Crippen LogP contribution in [0.3, 0.4) is 0 Å². The van der Waals surface area contributed by atoms with E-state index >= 15 is 0 Å². The van der Waals surface area contributed by atoms with Crippen LogP contribution in [0.1, 0.15) is 128 Å². The first kappa shape index (κ1) is 53.6. The molecule has 0 radical (unpaired) electrons. The van der Waals surface area contributed by atoms with Crippen LogP contribution in [0.15, 0.2) is 60.7 Å². The van der Waals surface area contributed by atoms with Gasteiger partial charge in [0.15, 0.2) is 23.9 Å². The summed E-state index contributed by atoms with van der Waals surface area (Å²) in [5.41, 5.74) is 8.83. The molecule has 0 saturated carbocycles. The summed E-state index contributed by atoms with van der Waals surface area (Å²) in [6.45, 7) is 30.9. The van der Waals surface area contributed by atoms with Crippen molar-refractivity contribution in [3.8, 4) is 23.0 Å². The van der Waals surface area contributed by atoms with Crippen molar-refractivity contribution in [3.63, 3.8) is 0 Å². The van der Waals surface area contributed by atoms with Gasteiger partial charge in [-0.25, -0.2) is 9.98 Å². The third-order valence-corrected chi connectivity index (χ3v) is 9.55. The van der Waals surface area contributed by atoms with E-state index in [1.54, 1.807) is 40.9 Å². The van der Waals surface area contributed by atoms with Crippen molar-refractivity contribution < 1.29 is 39.1 Å². The van der Waals surface area contributed by atoms with Crippen LogP contribution in [-0.4, -0.2) is 91.8 Å². The number of benzene rings is 4. The van der Waals surface area contributed by atoms with Crippen LogP contribution in [0.5, 0.6) is 23.0 Å². The number of hydrogen-bond donors (Lipinski definition) is 2. The summed E-state index contributed by atoms with van der Waals surface area (Å²) in [5.74, 6) is 1.65. The molecule has 9 heteroatoms. The summed E-state index contributed by atoms with van der Waals surface area (Å²) in [6.07, 6.45) is 3.59. The monoisotopic (exact) mass is 837 g/mol. The summed E-state index contributed by atoms with van der Waals surface area (Å²) in [5, 5.41) is 26.1. The van der Waals surface area contributed by atoms with Gasteiger partial charge in [-0.15, -0.1) is 0 Å². The molecule has 0 aliphatic rings. The first-order valence-corrected chi connectivity index (χ1v) is 20.0. The molecule has 0 amide bonds. The van der Waals surface area contributed by atoms with Crippen molar-refractivity contribution in [2.75, 3.05) is 41.7 Å². The van der Waals surface area contributed by atoms with Crippen molar-refractivity contribution in [2.24, 2.45) is 0 Å².